The smallest absolute Gasteiger partial charge is 0.189 e. The molecule has 0 aromatic heterocycles. The van der Waals surface area contributed by atoms with Crippen molar-refractivity contribution >= 4 is 17.6 Å². The molecular formula is C10H8ClO4-. The molecule has 1 aliphatic heterocycles. The number of ether oxygens (including phenoxy) is 2. The lowest BCUT2D eigenvalue weighted by Gasteiger charge is -2.21. The highest BCUT2D eigenvalue weighted by Crippen LogP contribution is 2.30. The maximum Gasteiger partial charge on any atom is 0.189 e. The van der Waals surface area contributed by atoms with E-state index in [2.05, 4.69) is 0 Å². The number of aromatic carboxylic acids is 1. The molecule has 0 bridgehead atoms. The number of carbonyl (C=O) groups excluding carboxylic acids is 1. The average Bonchev–Trinajstić information content (AvgIpc) is 2.27. The van der Waals surface area contributed by atoms with Crippen LogP contribution in [-0.4, -0.2) is 12.8 Å². The number of hydrogen-bond donors (Lipinski definition) is 0. The van der Waals surface area contributed by atoms with Gasteiger partial charge in [-0.2, -0.15) is 0 Å². The van der Waals surface area contributed by atoms with E-state index < -0.39 is 5.97 Å². The van der Waals surface area contributed by atoms with E-state index in [9.17, 15) is 9.90 Å². The van der Waals surface area contributed by atoms with Crippen LogP contribution in [0.1, 0.15) is 21.5 Å². The molecule has 0 amide bonds. The number of rotatable bonds is 2. The monoisotopic (exact) mass is 227 g/mol. The SMILES string of the molecule is O=C([O-])c1cc(CCl)c2c(c1)COCO2. The molecule has 1 heterocycles. The van der Waals surface area contributed by atoms with Crippen LogP contribution in [0.5, 0.6) is 5.75 Å². The number of carboxylic acids is 1. The van der Waals surface area contributed by atoms with Gasteiger partial charge in [0.2, 0.25) is 0 Å². The van der Waals surface area contributed by atoms with Crippen LogP contribution in [0, 0.1) is 0 Å². The second-order valence-electron chi connectivity index (χ2n) is 3.16. The minimum Gasteiger partial charge on any atom is -0.545 e. The molecule has 0 saturated carbocycles. The summed E-state index contributed by atoms with van der Waals surface area (Å²) >= 11 is 5.71. The maximum absolute atomic E-state index is 10.7. The Kier molecular flexibility index (Phi) is 2.79. The van der Waals surface area contributed by atoms with E-state index in [1.165, 1.54) is 12.1 Å². The molecule has 0 N–H and O–H groups in total. The van der Waals surface area contributed by atoms with E-state index in [-0.39, 0.29) is 18.2 Å². The number of carbonyl (C=O) groups is 1. The number of benzene rings is 1. The molecule has 0 saturated heterocycles. The maximum atomic E-state index is 10.7. The third-order valence-corrected chi connectivity index (χ3v) is 2.45. The molecule has 0 atom stereocenters. The normalized spacial score (nSPS) is 14.2. The van der Waals surface area contributed by atoms with Crippen LogP contribution in [0.25, 0.3) is 0 Å². The Bertz CT molecular complexity index is 385. The number of carboxylic acid groups (broad SMARTS) is 1. The van der Waals surface area contributed by atoms with Crippen molar-refractivity contribution < 1.29 is 19.4 Å². The number of fused-ring (bicyclic) bond motifs is 1. The quantitative estimate of drug-likeness (QED) is 0.697. The van der Waals surface area contributed by atoms with Crippen molar-refractivity contribution in [3.8, 4) is 5.75 Å². The van der Waals surface area contributed by atoms with Crippen molar-refractivity contribution in [3.63, 3.8) is 0 Å². The zero-order valence-corrected chi connectivity index (χ0v) is 8.54. The zero-order chi connectivity index (χ0) is 10.8. The van der Waals surface area contributed by atoms with Crippen LogP contribution >= 0.6 is 11.6 Å². The second kappa shape index (κ2) is 4.08. The van der Waals surface area contributed by atoms with Crippen molar-refractivity contribution in [2.45, 2.75) is 12.5 Å². The van der Waals surface area contributed by atoms with E-state index in [0.717, 1.165) is 0 Å². The largest absolute Gasteiger partial charge is 0.545 e. The van der Waals surface area contributed by atoms with Gasteiger partial charge in [0, 0.05) is 11.1 Å². The molecular weight excluding hydrogens is 220 g/mol. The summed E-state index contributed by atoms with van der Waals surface area (Å²) in [6.07, 6.45) is 0. The third kappa shape index (κ3) is 1.91. The van der Waals surface area contributed by atoms with Crippen molar-refractivity contribution in [2.24, 2.45) is 0 Å². The van der Waals surface area contributed by atoms with Crippen LogP contribution in [0.3, 0.4) is 0 Å². The minimum absolute atomic E-state index is 0.0958. The first-order valence-corrected chi connectivity index (χ1v) is 4.89. The number of hydrogen-bond acceptors (Lipinski definition) is 4. The van der Waals surface area contributed by atoms with Gasteiger partial charge in [0.25, 0.3) is 0 Å². The van der Waals surface area contributed by atoms with Crippen molar-refractivity contribution in [1.29, 1.82) is 0 Å². The Labute approximate surface area is 91.4 Å². The van der Waals surface area contributed by atoms with Gasteiger partial charge in [-0.05, 0) is 17.7 Å². The Balaban J connectivity index is 2.52. The first-order chi connectivity index (χ1) is 7.22. The average molecular weight is 228 g/mol. The Morgan fingerprint density at radius 3 is 3.00 bits per heavy atom. The zero-order valence-electron chi connectivity index (χ0n) is 7.79. The highest BCUT2D eigenvalue weighted by molar-refractivity contribution is 6.17. The molecule has 0 radical (unpaired) electrons. The Morgan fingerprint density at radius 1 is 1.53 bits per heavy atom. The number of alkyl halides is 1. The molecule has 0 spiro atoms. The molecule has 15 heavy (non-hydrogen) atoms. The van der Waals surface area contributed by atoms with Crippen LogP contribution in [0.15, 0.2) is 12.1 Å². The lowest BCUT2D eigenvalue weighted by Crippen LogP contribution is -2.23. The highest BCUT2D eigenvalue weighted by Gasteiger charge is 2.16. The van der Waals surface area contributed by atoms with Gasteiger partial charge < -0.3 is 19.4 Å². The molecule has 1 aromatic rings. The van der Waals surface area contributed by atoms with Crippen molar-refractivity contribution in [1.82, 2.24) is 0 Å². The van der Waals surface area contributed by atoms with Crippen LogP contribution in [-0.2, 0) is 17.2 Å². The van der Waals surface area contributed by atoms with E-state index in [1.54, 1.807) is 0 Å². The molecule has 4 nitrogen and oxygen atoms in total. The Morgan fingerprint density at radius 2 is 2.33 bits per heavy atom. The summed E-state index contributed by atoms with van der Waals surface area (Å²) in [6.45, 7) is 0.502. The van der Waals surface area contributed by atoms with Gasteiger partial charge >= 0.3 is 0 Å². The molecule has 80 valence electrons. The standard InChI is InChI=1S/C10H9ClO4/c11-3-7-1-6(10(12)13)2-8-4-14-5-15-9(7)8/h1-2H,3-5H2,(H,12,13)/p-1. The van der Waals surface area contributed by atoms with Crippen LogP contribution in [0.2, 0.25) is 0 Å². The summed E-state index contributed by atoms with van der Waals surface area (Å²) in [5.74, 6) is -0.403. The Hall–Kier alpha value is -1.26. The summed E-state index contributed by atoms with van der Waals surface area (Å²) in [6, 6.07) is 2.95. The molecule has 5 heteroatoms. The van der Waals surface area contributed by atoms with Gasteiger partial charge in [-0.1, -0.05) is 0 Å². The molecule has 0 fully saturated rings. The number of halogens is 1. The van der Waals surface area contributed by atoms with E-state index in [4.69, 9.17) is 21.1 Å². The molecule has 0 aliphatic carbocycles. The fraction of sp³-hybridized carbons (Fsp3) is 0.300. The van der Waals surface area contributed by atoms with E-state index in [0.29, 0.717) is 23.5 Å². The first-order valence-electron chi connectivity index (χ1n) is 4.36. The predicted octanol–water partition coefficient (Wildman–Crippen LogP) is 0.655. The van der Waals surface area contributed by atoms with Gasteiger partial charge in [-0.15, -0.1) is 11.6 Å². The molecule has 0 unspecified atom stereocenters. The van der Waals surface area contributed by atoms with Gasteiger partial charge in [0.15, 0.2) is 6.79 Å². The van der Waals surface area contributed by atoms with E-state index >= 15 is 0 Å². The van der Waals surface area contributed by atoms with Gasteiger partial charge in [-0.3, -0.25) is 0 Å². The third-order valence-electron chi connectivity index (χ3n) is 2.17. The minimum atomic E-state index is -1.23. The molecule has 1 aromatic carbocycles. The predicted molar refractivity (Wildman–Crippen MR) is 50.6 cm³/mol. The molecule has 2 rings (SSSR count). The topological polar surface area (TPSA) is 58.6 Å². The lowest BCUT2D eigenvalue weighted by molar-refractivity contribution is -0.255. The summed E-state index contributed by atoms with van der Waals surface area (Å²) in [4.78, 5) is 10.7. The highest BCUT2D eigenvalue weighted by atomic mass is 35.5. The second-order valence-corrected chi connectivity index (χ2v) is 3.42. The van der Waals surface area contributed by atoms with Gasteiger partial charge in [0.05, 0.1) is 18.5 Å². The van der Waals surface area contributed by atoms with Crippen LogP contribution in [0.4, 0.5) is 0 Å². The van der Waals surface area contributed by atoms with Crippen LogP contribution < -0.4 is 9.84 Å². The summed E-state index contributed by atoms with van der Waals surface area (Å²) in [7, 11) is 0. The first kappa shape index (κ1) is 10.3. The summed E-state index contributed by atoms with van der Waals surface area (Å²) < 4.78 is 10.3. The van der Waals surface area contributed by atoms with Crippen molar-refractivity contribution in [3.05, 3.63) is 28.8 Å². The lowest BCUT2D eigenvalue weighted by atomic mass is 10.0. The van der Waals surface area contributed by atoms with Crippen molar-refractivity contribution in [2.75, 3.05) is 6.79 Å². The van der Waals surface area contributed by atoms with E-state index in [1.807, 2.05) is 0 Å². The fourth-order valence-electron chi connectivity index (χ4n) is 1.52. The summed E-state index contributed by atoms with van der Waals surface area (Å²) in [5, 5.41) is 10.7. The molecule has 1 aliphatic rings. The van der Waals surface area contributed by atoms with Gasteiger partial charge in [-0.25, -0.2) is 0 Å². The summed E-state index contributed by atoms with van der Waals surface area (Å²) in [5.41, 5.74) is 1.44. The van der Waals surface area contributed by atoms with Gasteiger partial charge in [0.1, 0.15) is 5.75 Å². The fourth-order valence-corrected chi connectivity index (χ4v) is 1.71.